The van der Waals surface area contributed by atoms with Crippen molar-refractivity contribution in [3.05, 3.63) is 83.5 Å². The zero-order chi connectivity index (χ0) is 28.2. The van der Waals surface area contributed by atoms with Crippen LogP contribution in [0.1, 0.15) is 52.5 Å². The number of para-hydroxylation sites is 2. The number of amides is 2. The molecule has 0 radical (unpaired) electrons. The third-order valence-electron chi connectivity index (χ3n) is 7.31. The Morgan fingerprint density at radius 2 is 1.85 bits per heavy atom. The third-order valence-corrected chi connectivity index (χ3v) is 7.31. The standard InChI is InChI=1S/C32H38N2O5/c1-22(2)10-9-11-23(3)17-18-33-27-16-15-25(34-28-13-5-6-14-29(28)39-21-30(34)36)20-26(27)32(38,31(33)37)24(4)12-7-8-19-35/h5-7,10,12-17,20,24,35,38H,8-9,11,18-19,21H2,1-4H3/b12-7+,23-17+/t24-,32+/m1/s1. The lowest BCUT2D eigenvalue weighted by Gasteiger charge is -2.31. The molecule has 39 heavy (non-hydrogen) atoms. The van der Waals surface area contributed by atoms with Gasteiger partial charge in [0, 0.05) is 30.3 Å². The van der Waals surface area contributed by atoms with Gasteiger partial charge in [-0.2, -0.15) is 0 Å². The Bertz CT molecular complexity index is 1320. The van der Waals surface area contributed by atoms with Crippen molar-refractivity contribution in [2.45, 2.75) is 52.6 Å². The summed E-state index contributed by atoms with van der Waals surface area (Å²) in [5.74, 6) is -0.604. The molecule has 2 atom stereocenters. The van der Waals surface area contributed by atoms with E-state index in [1.54, 1.807) is 34.9 Å². The molecule has 2 N–H and O–H groups in total. The molecule has 0 fully saturated rings. The maximum absolute atomic E-state index is 13.9. The summed E-state index contributed by atoms with van der Waals surface area (Å²) in [4.78, 5) is 30.0. The fraction of sp³-hybridized carbons (Fsp3) is 0.375. The summed E-state index contributed by atoms with van der Waals surface area (Å²) in [5.41, 5.74) is 2.87. The highest BCUT2D eigenvalue weighted by Gasteiger charge is 2.52. The first-order chi connectivity index (χ1) is 18.7. The van der Waals surface area contributed by atoms with Crippen LogP contribution in [0.15, 0.2) is 77.9 Å². The highest BCUT2D eigenvalue weighted by Crippen LogP contribution is 2.48. The maximum Gasteiger partial charge on any atom is 0.269 e. The monoisotopic (exact) mass is 530 g/mol. The molecule has 7 heteroatoms. The summed E-state index contributed by atoms with van der Waals surface area (Å²) in [6.45, 7) is 8.22. The summed E-state index contributed by atoms with van der Waals surface area (Å²) in [6.07, 6.45) is 10.0. The number of aliphatic hydroxyl groups is 2. The Morgan fingerprint density at radius 1 is 1.08 bits per heavy atom. The first-order valence-electron chi connectivity index (χ1n) is 13.5. The van der Waals surface area contributed by atoms with Crippen molar-refractivity contribution in [1.82, 2.24) is 0 Å². The van der Waals surface area contributed by atoms with Gasteiger partial charge >= 0.3 is 0 Å². The first kappa shape index (κ1) is 28.3. The van der Waals surface area contributed by atoms with Gasteiger partial charge in [-0.25, -0.2) is 0 Å². The van der Waals surface area contributed by atoms with E-state index in [9.17, 15) is 19.8 Å². The molecule has 0 aliphatic carbocycles. The van der Waals surface area contributed by atoms with Gasteiger partial charge in [0.25, 0.3) is 11.8 Å². The number of ether oxygens (including phenoxy) is 1. The van der Waals surface area contributed by atoms with E-state index in [2.05, 4.69) is 26.8 Å². The average Bonchev–Trinajstić information content (AvgIpc) is 3.13. The summed E-state index contributed by atoms with van der Waals surface area (Å²) in [7, 11) is 0. The molecule has 0 spiro atoms. The molecule has 206 valence electrons. The Hall–Kier alpha value is -3.68. The van der Waals surface area contributed by atoms with Gasteiger partial charge in [-0.15, -0.1) is 0 Å². The van der Waals surface area contributed by atoms with E-state index in [1.807, 2.05) is 42.5 Å². The van der Waals surface area contributed by atoms with Gasteiger partial charge in [-0.1, -0.05) is 54.5 Å². The molecule has 0 aromatic heterocycles. The van der Waals surface area contributed by atoms with Crippen molar-refractivity contribution in [2.24, 2.45) is 5.92 Å². The number of aliphatic hydroxyl groups excluding tert-OH is 1. The Morgan fingerprint density at radius 3 is 2.59 bits per heavy atom. The number of rotatable bonds is 10. The molecule has 2 aromatic carbocycles. The predicted molar refractivity (Wildman–Crippen MR) is 154 cm³/mol. The van der Waals surface area contributed by atoms with Crippen molar-refractivity contribution in [3.8, 4) is 5.75 Å². The molecule has 2 heterocycles. The number of hydrogen-bond acceptors (Lipinski definition) is 5. The van der Waals surface area contributed by atoms with E-state index in [0.717, 1.165) is 12.8 Å². The topological polar surface area (TPSA) is 90.3 Å². The molecule has 2 aliphatic heterocycles. The average molecular weight is 531 g/mol. The van der Waals surface area contributed by atoms with E-state index < -0.39 is 17.4 Å². The molecule has 7 nitrogen and oxygen atoms in total. The highest BCUT2D eigenvalue weighted by molar-refractivity contribution is 6.09. The Balaban J connectivity index is 1.74. The number of carbonyl (C=O) groups is 2. The molecule has 0 saturated heterocycles. The van der Waals surface area contributed by atoms with Crippen molar-refractivity contribution >= 4 is 28.9 Å². The van der Waals surface area contributed by atoms with Crippen LogP contribution in [0.2, 0.25) is 0 Å². The van der Waals surface area contributed by atoms with E-state index in [-0.39, 0.29) is 19.1 Å². The summed E-state index contributed by atoms with van der Waals surface area (Å²) >= 11 is 0. The van der Waals surface area contributed by atoms with E-state index in [0.29, 0.717) is 41.3 Å². The molecule has 0 saturated carbocycles. The minimum absolute atomic E-state index is 0.0160. The van der Waals surface area contributed by atoms with Crippen LogP contribution < -0.4 is 14.5 Å². The van der Waals surface area contributed by atoms with Gasteiger partial charge < -0.3 is 19.8 Å². The molecule has 0 unspecified atom stereocenters. The Kier molecular flexibility index (Phi) is 8.73. The van der Waals surface area contributed by atoms with Crippen molar-refractivity contribution in [1.29, 1.82) is 0 Å². The summed E-state index contributed by atoms with van der Waals surface area (Å²) in [6, 6.07) is 12.7. The fourth-order valence-corrected chi connectivity index (χ4v) is 5.09. The molecular weight excluding hydrogens is 492 g/mol. The van der Waals surface area contributed by atoms with E-state index in [4.69, 9.17) is 4.74 Å². The van der Waals surface area contributed by atoms with Gasteiger partial charge in [-0.3, -0.25) is 14.5 Å². The molecule has 2 amide bonds. The zero-order valence-electron chi connectivity index (χ0n) is 23.2. The maximum atomic E-state index is 13.9. The number of fused-ring (bicyclic) bond motifs is 2. The summed E-state index contributed by atoms with van der Waals surface area (Å²) < 4.78 is 5.60. The van der Waals surface area contributed by atoms with Gasteiger partial charge in [0.2, 0.25) is 0 Å². The van der Waals surface area contributed by atoms with E-state index >= 15 is 0 Å². The van der Waals surface area contributed by atoms with Crippen LogP contribution in [0.5, 0.6) is 5.75 Å². The fourth-order valence-electron chi connectivity index (χ4n) is 5.09. The minimum Gasteiger partial charge on any atom is -0.482 e. The van der Waals surface area contributed by atoms with Crippen molar-refractivity contribution in [2.75, 3.05) is 29.6 Å². The number of benzene rings is 2. The van der Waals surface area contributed by atoms with Crippen LogP contribution in [0.4, 0.5) is 17.1 Å². The highest BCUT2D eigenvalue weighted by atomic mass is 16.5. The smallest absolute Gasteiger partial charge is 0.269 e. The number of carbonyl (C=O) groups excluding carboxylic acids is 2. The van der Waals surface area contributed by atoms with Crippen LogP contribution in [-0.2, 0) is 15.2 Å². The van der Waals surface area contributed by atoms with Crippen LogP contribution in [-0.4, -0.2) is 41.8 Å². The van der Waals surface area contributed by atoms with Crippen molar-refractivity contribution in [3.63, 3.8) is 0 Å². The van der Waals surface area contributed by atoms with Gasteiger partial charge in [0.15, 0.2) is 12.2 Å². The molecule has 0 bridgehead atoms. The molecular formula is C32H38N2O5. The molecule has 2 aromatic rings. The quantitative estimate of drug-likeness (QED) is 0.394. The second-order valence-corrected chi connectivity index (χ2v) is 10.5. The lowest BCUT2D eigenvalue weighted by Crippen LogP contribution is -2.44. The second kappa shape index (κ2) is 12.0. The lowest BCUT2D eigenvalue weighted by molar-refractivity contribution is -0.139. The van der Waals surface area contributed by atoms with Gasteiger partial charge in [0.1, 0.15) is 5.75 Å². The zero-order valence-corrected chi connectivity index (χ0v) is 23.2. The SMILES string of the molecule is CC(C)=CCC/C(C)=C/CN1C(=O)[C@](O)([C@H](C)/C=C/CCO)c2cc(N3C(=O)COc4ccccc43)ccc21. The predicted octanol–water partition coefficient (Wildman–Crippen LogP) is 5.55. The number of hydrogen-bond donors (Lipinski definition) is 2. The lowest BCUT2D eigenvalue weighted by atomic mass is 9.82. The van der Waals surface area contributed by atoms with Crippen LogP contribution in [0.3, 0.4) is 0 Å². The van der Waals surface area contributed by atoms with Crippen molar-refractivity contribution < 1.29 is 24.5 Å². The van der Waals surface area contributed by atoms with Gasteiger partial charge in [-0.05, 0) is 70.4 Å². The normalized spacial score (nSPS) is 19.7. The van der Waals surface area contributed by atoms with Crippen LogP contribution in [0, 0.1) is 5.92 Å². The van der Waals surface area contributed by atoms with Gasteiger partial charge in [0.05, 0.1) is 11.4 Å². The first-order valence-corrected chi connectivity index (χ1v) is 13.5. The largest absolute Gasteiger partial charge is 0.482 e. The number of nitrogens with zero attached hydrogens (tertiary/aromatic N) is 2. The van der Waals surface area contributed by atoms with E-state index in [1.165, 1.54) is 11.1 Å². The molecule has 4 rings (SSSR count). The summed E-state index contributed by atoms with van der Waals surface area (Å²) in [5, 5.41) is 21.3. The molecule has 2 aliphatic rings. The third kappa shape index (κ3) is 5.70. The number of allylic oxidation sites excluding steroid dienone is 3. The van der Waals surface area contributed by atoms with Crippen LogP contribution >= 0.6 is 0 Å². The minimum atomic E-state index is -1.82. The second-order valence-electron chi connectivity index (χ2n) is 10.5. The van der Waals surface area contributed by atoms with Crippen LogP contribution in [0.25, 0.3) is 0 Å². The Labute approximate surface area is 230 Å². The number of anilines is 3.